The summed E-state index contributed by atoms with van der Waals surface area (Å²) >= 11 is 6.67. The number of rotatable bonds is 5. The van der Waals surface area contributed by atoms with Gasteiger partial charge in [-0.1, -0.05) is 35.5 Å². The Hall–Kier alpha value is -2.99. The molecular formula is C18H14ClF3N6O2S. The van der Waals surface area contributed by atoms with E-state index in [1.807, 2.05) is 0 Å². The molecule has 4 rings (SSSR count). The lowest BCUT2D eigenvalue weighted by atomic mass is 10.0. The molecule has 1 atom stereocenters. The van der Waals surface area contributed by atoms with E-state index in [2.05, 4.69) is 15.3 Å². The van der Waals surface area contributed by atoms with Crippen molar-refractivity contribution in [3.63, 3.8) is 0 Å². The number of hydrogen-bond acceptors (Lipinski definition) is 7. The Labute approximate surface area is 182 Å². The van der Waals surface area contributed by atoms with Crippen molar-refractivity contribution < 1.29 is 22.4 Å². The van der Waals surface area contributed by atoms with Gasteiger partial charge in [0.05, 0.1) is 17.7 Å². The van der Waals surface area contributed by atoms with Crippen molar-refractivity contribution in [3.8, 4) is 0 Å². The van der Waals surface area contributed by atoms with E-state index in [1.54, 1.807) is 36.4 Å². The minimum atomic E-state index is -4.75. The van der Waals surface area contributed by atoms with Gasteiger partial charge in [0.15, 0.2) is 0 Å². The molecule has 0 spiro atoms. The second-order valence-corrected chi connectivity index (χ2v) is 7.87. The fourth-order valence-electron chi connectivity index (χ4n) is 3.02. The summed E-state index contributed by atoms with van der Waals surface area (Å²) in [6.07, 6.45) is -2.86. The number of amides is 1. The molecule has 0 bridgehead atoms. The topological polar surface area (TPSA) is 103 Å². The molecule has 0 aliphatic carbocycles. The molecule has 3 aromatic rings. The zero-order valence-electron chi connectivity index (χ0n) is 15.6. The first kappa shape index (κ1) is 21.2. The van der Waals surface area contributed by atoms with Gasteiger partial charge in [0.2, 0.25) is 5.16 Å². The SMILES string of the molecule is Nn1c(SCC(=O)N2N=C(c3ccc(Cl)cc3)CC2c2ccco2)nnc1C(F)(F)F. The van der Waals surface area contributed by atoms with Crippen molar-refractivity contribution in [2.45, 2.75) is 23.8 Å². The summed E-state index contributed by atoms with van der Waals surface area (Å²) in [5.41, 5.74) is 1.44. The highest BCUT2D eigenvalue weighted by Gasteiger charge is 2.39. The average Bonchev–Trinajstić information content (AvgIpc) is 3.45. The van der Waals surface area contributed by atoms with E-state index >= 15 is 0 Å². The number of alkyl halides is 3. The van der Waals surface area contributed by atoms with E-state index in [4.69, 9.17) is 21.9 Å². The Balaban J connectivity index is 1.54. The van der Waals surface area contributed by atoms with Crippen molar-refractivity contribution in [2.24, 2.45) is 5.10 Å². The lowest BCUT2D eigenvalue weighted by Gasteiger charge is -2.19. The first-order valence-corrected chi connectivity index (χ1v) is 10.2. The van der Waals surface area contributed by atoms with Gasteiger partial charge in [-0.2, -0.15) is 18.3 Å². The molecule has 1 unspecified atom stereocenters. The molecule has 1 aromatic carbocycles. The van der Waals surface area contributed by atoms with Crippen molar-refractivity contribution in [1.82, 2.24) is 19.9 Å². The fourth-order valence-corrected chi connectivity index (χ4v) is 3.86. The van der Waals surface area contributed by atoms with Crippen LogP contribution in [0.15, 0.2) is 57.3 Å². The van der Waals surface area contributed by atoms with E-state index in [0.717, 1.165) is 17.3 Å². The van der Waals surface area contributed by atoms with E-state index in [-0.39, 0.29) is 10.9 Å². The number of benzene rings is 1. The summed E-state index contributed by atoms with van der Waals surface area (Å²) in [5, 5.41) is 12.5. The number of carbonyl (C=O) groups is 1. The van der Waals surface area contributed by atoms with Gasteiger partial charge in [0.25, 0.3) is 11.7 Å². The van der Waals surface area contributed by atoms with Crippen LogP contribution in [0.2, 0.25) is 5.02 Å². The van der Waals surface area contributed by atoms with Gasteiger partial charge < -0.3 is 10.3 Å². The highest BCUT2D eigenvalue weighted by Crippen LogP contribution is 2.34. The molecule has 13 heteroatoms. The fraction of sp³-hybridized carbons (Fsp3) is 0.222. The van der Waals surface area contributed by atoms with E-state index in [1.165, 1.54) is 11.3 Å². The molecule has 0 saturated heterocycles. The lowest BCUT2D eigenvalue weighted by Crippen LogP contribution is -2.28. The van der Waals surface area contributed by atoms with Crippen LogP contribution in [0.3, 0.4) is 0 Å². The number of nitrogens with zero attached hydrogens (tertiary/aromatic N) is 5. The summed E-state index contributed by atoms with van der Waals surface area (Å²) in [7, 11) is 0. The van der Waals surface area contributed by atoms with Crippen LogP contribution >= 0.6 is 23.4 Å². The van der Waals surface area contributed by atoms with Crippen molar-refractivity contribution in [3.05, 3.63) is 64.8 Å². The van der Waals surface area contributed by atoms with Gasteiger partial charge in [0, 0.05) is 11.4 Å². The van der Waals surface area contributed by atoms with Crippen molar-refractivity contribution in [2.75, 3.05) is 11.6 Å². The predicted molar refractivity (Wildman–Crippen MR) is 107 cm³/mol. The molecule has 1 aliphatic heterocycles. The first-order chi connectivity index (χ1) is 14.7. The van der Waals surface area contributed by atoms with Gasteiger partial charge >= 0.3 is 6.18 Å². The maximum atomic E-state index is 12.9. The number of halogens is 4. The molecule has 2 aromatic heterocycles. The largest absolute Gasteiger partial charge is 0.467 e. The monoisotopic (exact) mass is 470 g/mol. The summed E-state index contributed by atoms with van der Waals surface area (Å²) in [5.74, 6) is 3.90. The number of hydrogen-bond donors (Lipinski definition) is 1. The third-order valence-corrected chi connectivity index (χ3v) is 5.64. The molecule has 31 heavy (non-hydrogen) atoms. The van der Waals surface area contributed by atoms with E-state index in [0.29, 0.717) is 27.6 Å². The summed E-state index contributed by atoms with van der Waals surface area (Å²) in [4.78, 5) is 12.9. The summed E-state index contributed by atoms with van der Waals surface area (Å²) < 4.78 is 44.2. The Bertz CT molecular complexity index is 1110. The highest BCUT2D eigenvalue weighted by molar-refractivity contribution is 7.99. The molecule has 162 valence electrons. The zero-order valence-corrected chi connectivity index (χ0v) is 17.2. The highest BCUT2D eigenvalue weighted by atomic mass is 35.5. The number of nitrogen functional groups attached to an aromatic ring is 1. The standard InChI is InChI=1S/C18H14ClF3N6O2S/c19-11-5-3-10(4-6-11)12-8-13(14-2-1-7-30-14)28(26-12)15(29)9-31-17-25-24-16(27(17)23)18(20,21)22/h1-7,13H,8-9,23H2. The van der Waals surface area contributed by atoms with Crippen LogP contribution in [0, 0.1) is 0 Å². The van der Waals surface area contributed by atoms with Gasteiger partial charge in [0.1, 0.15) is 11.8 Å². The summed E-state index contributed by atoms with van der Waals surface area (Å²) in [6.45, 7) is 0. The molecule has 1 amide bonds. The molecule has 0 radical (unpaired) electrons. The van der Waals surface area contributed by atoms with Crippen molar-refractivity contribution >= 4 is 35.0 Å². The van der Waals surface area contributed by atoms with Gasteiger partial charge in [-0.05, 0) is 29.8 Å². The third-order valence-electron chi connectivity index (χ3n) is 4.46. The second-order valence-electron chi connectivity index (χ2n) is 6.49. The minimum Gasteiger partial charge on any atom is -0.467 e. The molecule has 3 heterocycles. The minimum absolute atomic E-state index is 0.240. The quantitative estimate of drug-likeness (QED) is 0.450. The van der Waals surface area contributed by atoms with Crippen LogP contribution in [0.5, 0.6) is 0 Å². The maximum absolute atomic E-state index is 12.9. The third kappa shape index (κ3) is 4.39. The van der Waals surface area contributed by atoms with Crippen molar-refractivity contribution in [1.29, 1.82) is 0 Å². The number of thioether (sulfide) groups is 1. The average molecular weight is 471 g/mol. The van der Waals surface area contributed by atoms with E-state index < -0.39 is 23.9 Å². The maximum Gasteiger partial charge on any atom is 0.453 e. The molecular weight excluding hydrogens is 457 g/mol. The molecule has 8 nitrogen and oxygen atoms in total. The van der Waals surface area contributed by atoms with Crippen LogP contribution in [0.1, 0.15) is 29.6 Å². The second kappa shape index (κ2) is 8.27. The first-order valence-electron chi connectivity index (χ1n) is 8.83. The van der Waals surface area contributed by atoms with Crippen LogP contribution in [-0.4, -0.2) is 37.3 Å². The number of carbonyl (C=O) groups excluding carboxylic acids is 1. The number of furan rings is 1. The van der Waals surface area contributed by atoms with E-state index in [9.17, 15) is 18.0 Å². The Morgan fingerprint density at radius 1 is 1.26 bits per heavy atom. The molecule has 0 saturated carbocycles. The number of nitrogens with two attached hydrogens (primary N) is 1. The number of hydrazone groups is 1. The summed E-state index contributed by atoms with van der Waals surface area (Å²) in [6, 6.07) is 9.95. The lowest BCUT2D eigenvalue weighted by molar-refractivity contribution is -0.146. The van der Waals surface area contributed by atoms with Gasteiger partial charge in [-0.15, -0.1) is 10.2 Å². The Morgan fingerprint density at radius 2 is 2.00 bits per heavy atom. The van der Waals surface area contributed by atoms with Crippen LogP contribution in [0.4, 0.5) is 13.2 Å². The Morgan fingerprint density at radius 3 is 2.61 bits per heavy atom. The Kier molecular flexibility index (Phi) is 5.67. The smallest absolute Gasteiger partial charge is 0.453 e. The molecule has 0 fully saturated rings. The molecule has 2 N–H and O–H groups in total. The zero-order chi connectivity index (χ0) is 22.2. The van der Waals surface area contributed by atoms with Crippen LogP contribution in [0.25, 0.3) is 0 Å². The van der Waals surface area contributed by atoms with Gasteiger partial charge in [-0.3, -0.25) is 4.79 Å². The number of aromatic nitrogens is 3. The normalized spacial score (nSPS) is 16.6. The predicted octanol–water partition coefficient (Wildman–Crippen LogP) is 3.73. The van der Waals surface area contributed by atoms with Crippen LogP contribution < -0.4 is 5.84 Å². The van der Waals surface area contributed by atoms with Gasteiger partial charge in [-0.25, -0.2) is 9.69 Å². The molecule has 1 aliphatic rings. The van der Waals surface area contributed by atoms with Crippen LogP contribution in [-0.2, 0) is 11.0 Å².